The van der Waals surface area contributed by atoms with Gasteiger partial charge in [-0.15, -0.1) is 0 Å². The van der Waals surface area contributed by atoms with E-state index in [1.807, 2.05) is 17.8 Å². The van der Waals surface area contributed by atoms with Gasteiger partial charge in [-0.2, -0.15) is 11.8 Å². The number of aliphatic hydroxyl groups excluding tert-OH is 1. The van der Waals surface area contributed by atoms with Gasteiger partial charge in [0, 0.05) is 5.41 Å². The van der Waals surface area contributed by atoms with Crippen LogP contribution in [-0.2, 0) is 5.41 Å². The molecule has 0 aromatic heterocycles. The Morgan fingerprint density at radius 2 is 1.88 bits per heavy atom. The topological polar surface area (TPSA) is 20.2 Å². The predicted molar refractivity (Wildman–Crippen MR) is 73.1 cm³/mol. The standard InChI is InChI=1S/C14H22OS/c1-3-14(12-15,10-11-16-4-2)13-8-6-5-7-9-13/h5-9,15H,3-4,10-12H2,1-2H3. The van der Waals surface area contributed by atoms with Crippen molar-refractivity contribution in [2.75, 3.05) is 18.1 Å². The van der Waals surface area contributed by atoms with Gasteiger partial charge in [0.2, 0.25) is 0 Å². The van der Waals surface area contributed by atoms with E-state index in [0.717, 1.165) is 24.3 Å². The zero-order chi connectivity index (χ0) is 11.9. The molecule has 0 heterocycles. The van der Waals surface area contributed by atoms with Gasteiger partial charge in [-0.25, -0.2) is 0 Å². The fourth-order valence-corrected chi connectivity index (χ4v) is 2.83. The van der Waals surface area contributed by atoms with Crippen LogP contribution in [0.2, 0.25) is 0 Å². The Morgan fingerprint density at radius 1 is 1.19 bits per heavy atom. The van der Waals surface area contributed by atoms with E-state index in [-0.39, 0.29) is 12.0 Å². The van der Waals surface area contributed by atoms with Gasteiger partial charge in [-0.05, 0) is 29.9 Å². The largest absolute Gasteiger partial charge is 0.395 e. The van der Waals surface area contributed by atoms with Crippen molar-refractivity contribution in [2.45, 2.75) is 32.1 Å². The molecule has 0 fully saturated rings. The summed E-state index contributed by atoms with van der Waals surface area (Å²) in [6, 6.07) is 10.4. The molecule has 0 aliphatic carbocycles. The molecular formula is C14H22OS. The van der Waals surface area contributed by atoms with Gasteiger partial charge in [-0.3, -0.25) is 0 Å². The Morgan fingerprint density at radius 3 is 2.38 bits per heavy atom. The van der Waals surface area contributed by atoms with Crippen LogP contribution in [0.25, 0.3) is 0 Å². The average Bonchev–Trinajstić information content (AvgIpc) is 2.36. The molecule has 0 aliphatic heterocycles. The van der Waals surface area contributed by atoms with Crippen LogP contribution in [0.4, 0.5) is 0 Å². The number of hydrogen-bond donors (Lipinski definition) is 1. The molecule has 0 bridgehead atoms. The maximum atomic E-state index is 9.72. The second kappa shape index (κ2) is 6.97. The Labute approximate surface area is 103 Å². The fourth-order valence-electron chi connectivity index (χ4n) is 2.01. The van der Waals surface area contributed by atoms with Crippen LogP contribution in [0.5, 0.6) is 0 Å². The van der Waals surface area contributed by atoms with Crippen molar-refractivity contribution in [1.82, 2.24) is 0 Å². The van der Waals surface area contributed by atoms with E-state index >= 15 is 0 Å². The summed E-state index contributed by atoms with van der Waals surface area (Å²) in [6.45, 7) is 4.59. The summed E-state index contributed by atoms with van der Waals surface area (Å²) in [5.41, 5.74) is 1.24. The van der Waals surface area contributed by atoms with Gasteiger partial charge in [0.15, 0.2) is 0 Å². The van der Waals surface area contributed by atoms with Crippen molar-refractivity contribution in [1.29, 1.82) is 0 Å². The molecule has 1 rings (SSSR count). The molecular weight excluding hydrogens is 216 g/mol. The normalized spacial score (nSPS) is 14.7. The summed E-state index contributed by atoms with van der Waals surface area (Å²) in [5, 5.41) is 9.72. The molecule has 2 heteroatoms. The minimum Gasteiger partial charge on any atom is -0.395 e. The summed E-state index contributed by atoms with van der Waals surface area (Å²) in [6.07, 6.45) is 2.06. The molecule has 0 saturated carbocycles. The summed E-state index contributed by atoms with van der Waals surface area (Å²) < 4.78 is 0. The molecule has 0 spiro atoms. The Balaban J connectivity index is 2.79. The quantitative estimate of drug-likeness (QED) is 0.734. The minimum absolute atomic E-state index is 0.0383. The highest BCUT2D eigenvalue weighted by Crippen LogP contribution is 2.32. The lowest BCUT2D eigenvalue weighted by Crippen LogP contribution is -2.30. The predicted octanol–water partition coefficient (Wildman–Crippen LogP) is 3.47. The Kier molecular flexibility index (Phi) is 5.93. The molecule has 0 radical (unpaired) electrons. The lowest BCUT2D eigenvalue weighted by molar-refractivity contribution is 0.184. The second-order valence-electron chi connectivity index (χ2n) is 4.10. The summed E-state index contributed by atoms with van der Waals surface area (Å²) in [7, 11) is 0. The van der Waals surface area contributed by atoms with Crippen molar-refractivity contribution in [3.8, 4) is 0 Å². The molecule has 0 amide bonds. The highest BCUT2D eigenvalue weighted by molar-refractivity contribution is 7.99. The van der Waals surface area contributed by atoms with Crippen molar-refractivity contribution in [3.63, 3.8) is 0 Å². The van der Waals surface area contributed by atoms with Crippen molar-refractivity contribution >= 4 is 11.8 Å². The van der Waals surface area contributed by atoms with E-state index in [4.69, 9.17) is 0 Å². The molecule has 1 N–H and O–H groups in total. The van der Waals surface area contributed by atoms with Gasteiger partial charge in [0.05, 0.1) is 6.61 Å². The first-order valence-corrected chi connectivity index (χ1v) is 7.18. The van der Waals surface area contributed by atoms with Crippen LogP contribution >= 0.6 is 11.8 Å². The van der Waals surface area contributed by atoms with Crippen LogP contribution in [-0.4, -0.2) is 23.2 Å². The number of hydrogen-bond acceptors (Lipinski definition) is 2. The molecule has 16 heavy (non-hydrogen) atoms. The minimum atomic E-state index is -0.0383. The summed E-state index contributed by atoms with van der Waals surface area (Å²) in [5.74, 6) is 2.28. The van der Waals surface area contributed by atoms with E-state index in [9.17, 15) is 5.11 Å². The van der Waals surface area contributed by atoms with Gasteiger partial charge >= 0.3 is 0 Å². The SMILES string of the molecule is CCSCCC(CC)(CO)c1ccccc1. The molecule has 1 aromatic rings. The zero-order valence-electron chi connectivity index (χ0n) is 10.3. The summed E-state index contributed by atoms with van der Waals surface area (Å²) in [4.78, 5) is 0. The van der Waals surface area contributed by atoms with E-state index in [2.05, 4.69) is 38.1 Å². The molecule has 0 saturated heterocycles. The van der Waals surface area contributed by atoms with E-state index in [0.29, 0.717) is 0 Å². The zero-order valence-corrected chi connectivity index (χ0v) is 11.1. The van der Waals surface area contributed by atoms with Gasteiger partial charge < -0.3 is 5.11 Å². The monoisotopic (exact) mass is 238 g/mol. The molecule has 90 valence electrons. The van der Waals surface area contributed by atoms with E-state index in [1.54, 1.807) is 0 Å². The molecule has 1 nitrogen and oxygen atoms in total. The van der Waals surface area contributed by atoms with E-state index in [1.165, 1.54) is 5.56 Å². The van der Waals surface area contributed by atoms with E-state index < -0.39 is 0 Å². The fraction of sp³-hybridized carbons (Fsp3) is 0.571. The van der Waals surface area contributed by atoms with Crippen molar-refractivity contribution in [2.24, 2.45) is 0 Å². The highest BCUT2D eigenvalue weighted by atomic mass is 32.2. The van der Waals surface area contributed by atoms with Crippen molar-refractivity contribution < 1.29 is 5.11 Å². The highest BCUT2D eigenvalue weighted by Gasteiger charge is 2.28. The number of thioether (sulfide) groups is 1. The smallest absolute Gasteiger partial charge is 0.0528 e. The van der Waals surface area contributed by atoms with Gasteiger partial charge in [0.25, 0.3) is 0 Å². The van der Waals surface area contributed by atoms with Gasteiger partial charge in [-0.1, -0.05) is 44.2 Å². The third-order valence-corrected chi connectivity index (χ3v) is 4.20. The first kappa shape index (κ1) is 13.6. The van der Waals surface area contributed by atoms with Crippen LogP contribution in [0.3, 0.4) is 0 Å². The lowest BCUT2D eigenvalue weighted by atomic mass is 9.76. The maximum Gasteiger partial charge on any atom is 0.0528 e. The lowest BCUT2D eigenvalue weighted by Gasteiger charge is -2.31. The molecule has 1 atom stereocenters. The van der Waals surface area contributed by atoms with Crippen LogP contribution < -0.4 is 0 Å². The molecule has 0 aliphatic rings. The number of rotatable bonds is 7. The van der Waals surface area contributed by atoms with Crippen LogP contribution in [0.15, 0.2) is 30.3 Å². The third kappa shape index (κ3) is 3.26. The first-order valence-electron chi connectivity index (χ1n) is 6.03. The molecule has 1 unspecified atom stereocenters. The first-order chi connectivity index (χ1) is 7.79. The van der Waals surface area contributed by atoms with Gasteiger partial charge in [0.1, 0.15) is 0 Å². The average molecular weight is 238 g/mol. The maximum absolute atomic E-state index is 9.72. The number of aliphatic hydroxyl groups is 1. The molecule has 1 aromatic carbocycles. The summed E-state index contributed by atoms with van der Waals surface area (Å²) >= 11 is 1.95. The van der Waals surface area contributed by atoms with Crippen LogP contribution in [0, 0.1) is 0 Å². The third-order valence-electron chi connectivity index (χ3n) is 3.29. The van der Waals surface area contributed by atoms with Crippen LogP contribution in [0.1, 0.15) is 32.3 Å². The second-order valence-corrected chi connectivity index (χ2v) is 5.50. The van der Waals surface area contributed by atoms with Crippen molar-refractivity contribution in [3.05, 3.63) is 35.9 Å². The Bertz CT molecular complexity index is 280. The Hall–Kier alpha value is -0.470. The number of benzene rings is 1.